The van der Waals surface area contributed by atoms with Crippen molar-refractivity contribution < 1.29 is 9.47 Å². The van der Waals surface area contributed by atoms with E-state index in [0.717, 1.165) is 24.6 Å². The zero-order valence-corrected chi connectivity index (χ0v) is 18.3. The van der Waals surface area contributed by atoms with Gasteiger partial charge in [-0.3, -0.25) is 4.90 Å². The van der Waals surface area contributed by atoms with Crippen LogP contribution in [-0.2, 0) is 4.74 Å². The van der Waals surface area contributed by atoms with E-state index in [2.05, 4.69) is 25.7 Å². The Morgan fingerprint density at radius 3 is 2.46 bits per heavy atom. The van der Waals surface area contributed by atoms with Crippen molar-refractivity contribution in [2.24, 2.45) is 0 Å². The lowest BCUT2D eigenvalue weighted by Gasteiger charge is -2.24. The maximum atomic E-state index is 6.19. The van der Waals surface area contributed by atoms with Crippen molar-refractivity contribution in [1.29, 1.82) is 0 Å². The van der Waals surface area contributed by atoms with Gasteiger partial charge in [-0.25, -0.2) is 0 Å². The maximum Gasteiger partial charge on any atom is 0.138 e. The van der Waals surface area contributed by atoms with Crippen LogP contribution in [0.3, 0.4) is 0 Å². The Kier molecular flexibility index (Phi) is 14.2. The number of unbranched alkanes of at least 4 members (excludes halogenated alkanes) is 4. The highest BCUT2D eigenvalue weighted by Gasteiger charge is 2.13. The lowest BCUT2D eigenvalue weighted by atomic mass is 10.2. The molecule has 0 heterocycles. The molecule has 0 spiro atoms. The molecule has 0 fully saturated rings. The first-order valence-electron chi connectivity index (χ1n) is 10.00. The number of ether oxygens (including phenoxy) is 2. The van der Waals surface area contributed by atoms with Crippen LogP contribution in [0.4, 0.5) is 0 Å². The SMILES string of the molecule is CCCCCCCSCC(COc1ccccc1Cl)OCN(CC)CC. The molecule has 0 amide bonds. The molecule has 0 radical (unpaired) electrons. The molecule has 1 rings (SSSR count). The van der Waals surface area contributed by atoms with Crippen molar-refractivity contribution in [2.75, 3.05) is 37.9 Å². The summed E-state index contributed by atoms with van der Waals surface area (Å²) < 4.78 is 12.0. The van der Waals surface area contributed by atoms with E-state index < -0.39 is 0 Å². The normalized spacial score (nSPS) is 12.5. The summed E-state index contributed by atoms with van der Waals surface area (Å²) >= 11 is 8.16. The van der Waals surface area contributed by atoms with Crippen molar-refractivity contribution in [3.05, 3.63) is 29.3 Å². The third-order valence-electron chi connectivity index (χ3n) is 4.34. The van der Waals surface area contributed by atoms with E-state index in [1.807, 2.05) is 36.0 Å². The van der Waals surface area contributed by atoms with Crippen LogP contribution in [0.15, 0.2) is 24.3 Å². The zero-order valence-electron chi connectivity index (χ0n) is 16.7. The Morgan fingerprint density at radius 2 is 1.77 bits per heavy atom. The van der Waals surface area contributed by atoms with Gasteiger partial charge in [-0.05, 0) is 37.4 Å². The number of rotatable bonds is 16. The second-order valence-electron chi connectivity index (χ2n) is 6.45. The fraction of sp³-hybridized carbons (Fsp3) is 0.714. The summed E-state index contributed by atoms with van der Waals surface area (Å²) in [6.45, 7) is 9.76. The maximum absolute atomic E-state index is 6.19. The van der Waals surface area contributed by atoms with E-state index in [1.165, 1.54) is 37.9 Å². The average Bonchev–Trinajstić information content (AvgIpc) is 2.66. The Hall–Kier alpha value is -0.420. The summed E-state index contributed by atoms with van der Waals surface area (Å²) in [6, 6.07) is 7.62. The molecule has 26 heavy (non-hydrogen) atoms. The van der Waals surface area contributed by atoms with Gasteiger partial charge in [-0.1, -0.05) is 70.2 Å². The molecule has 0 aliphatic carbocycles. The number of para-hydroxylation sites is 1. The fourth-order valence-electron chi connectivity index (χ4n) is 2.53. The quantitative estimate of drug-likeness (QED) is 0.246. The molecule has 0 aliphatic heterocycles. The molecule has 0 N–H and O–H groups in total. The Labute approximate surface area is 169 Å². The van der Waals surface area contributed by atoms with E-state index in [1.54, 1.807) is 0 Å². The van der Waals surface area contributed by atoms with Crippen molar-refractivity contribution in [1.82, 2.24) is 4.90 Å². The first-order valence-corrected chi connectivity index (χ1v) is 11.5. The first kappa shape index (κ1) is 23.6. The van der Waals surface area contributed by atoms with E-state index in [4.69, 9.17) is 21.1 Å². The number of benzene rings is 1. The van der Waals surface area contributed by atoms with Crippen LogP contribution in [0.25, 0.3) is 0 Å². The second-order valence-corrected chi connectivity index (χ2v) is 8.01. The fourth-order valence-corrected chi connectivity index (χ4v) is 3.75. The third-order valence-corrected chi connectivity index (χ3v) is 5.84. The minimum Gasteiger partial charge on any atom is -0.489 e. The minimum atomic E-state index is 0.0764. The Bertz CT molecular complexity index is 457. The molecule has 1 aromatic carbocycles. The number of hydrogen-bond acceptors (Lipinski definition) is 4. The number of nitrogens with zero attached hydrogens (tertiary/aromatic N) is 1. The van der Waals surface area contributed by atoms with Crippen molar-refractivity contribution >= 4 is 23.4 Å². The lowest BCUT2D eigenvalue weighted by Crippen LogP contribution is -2.33. The molecule has 3 nitrogen and oxygen atoms in total. The summed E-state index contributed by atoms with van der Waals surface area (Å²) in [5.74, 6) is 2.88. The molecule has 1 aromatic rings. The van der Waals surface area contributed by atoms with Crippen LogP contribution in [-0.4, -0.2) is 48.9 Å². The van der Waals surface area contributed by atoms with E-state index in [-0.39, 0.29) is 6.10 Å². The molecule has 0 aliphatic rings. The summed E-state index contributed by atoms with van der Waals surface area (Å²) in [5.41, 5.74) is 0. The van der Waals surface area contributed by atoms with Crippen molar-refractivity contribution in [3.63, 3.8) is 0 Å². The highest BCUT2D eigenvalue weighted by Crippen LogP contribution is 2.23. The van der Waals surface area contributed by atoms with Gasteiger partial charge >= 0.3 is 0 Å². The van der Waals surface area contributed by atoms with E-state index in [0.29, 0.717) is 18.4 Å². The molecule has 0 saturated carbocycles. The van der Waals surface area contributed by atoms with Crippen molar-refractivity contribution in [3.8, 4) is 5.75 Å². The van der Waals surface area contributed by atoms with Crippen LogP contribution < -0.4 is 4.74 Å². The van der Waals surface area contributed by atoms with E-state index >= 15 is 0 Å². The number of hydrogen-bond donors (Lipinski definition) is 0. The number of halogens is 1. The topological polar surface area (TPSA) is 21.7 Å². The van der Waals surface area contributed by atoms with Gasteiger partial charge in [0.2, 0.25) is 0 Å². The summed E-state index contributed by atoms with van der Waals surface area (Å²) in [6.07, 6.45) is 6.71. The van der Waals surface area contributed by atoms with Gasteiger partial charge in [0.15, 0.2) is 0 Å². The predicted molar refractivity (Wildman–Crippen MR) is 116 cm³/mol. The van der Waals surface area contributed by atoms with Gasteiger partial charge in [-0.15, -0.1) is 0 Å². The van der Waals surface area contributed by atoms with Gasteiger partial charge in [0.1, 0.15) is 18.5 Å². The van der Waals surface area contributed by atoms with Crippen molar-refractivity contribution in [2.45, 2.75) is 59.0 Å². The monoisotopic (exact) mass is 401 g/mol. The van der Waals surface area contributed by atoms with Gasteiger partial charge in [0.05, 0.1) is 11.8 Å². The average molecular weight is 402 g/mol. The Balaban J connectivity index is 2.38. The van der Waals surface area contributed by atoms with Gasteiger partial charge in [0, 0.05) is 5.75 Å². The van der Waals surface area contributed by atoms with Gasteiger partial charge < -0.3 is 9.47 Å². The third kappa shape index (κ3) is 10.7. The van der Waals surface area contributed by atoms with E-state index in [9.17, 15) is 0 Å². The molecular weight excluding hydrogens is 366 g/mol. The molecule has 150 valence electrons. The first-order chi connectivity index (χ1) is 12.7. The van der Waals surface area contributed by atoms with Crippen LogP contribution in [0, 0.1) is 0 Å². The van der Waals surface area contributed by atoms with Gasteiger partial charge in [0.25, 0.3) is 0 Å². The van der Waals surface area contributed by atoms with Crippen LogP contribution in [0.1, 0.15) is 52.9 Å². The predicted octanol–water partition coefficient (Wildman–Crippen LogP) is 6.11. The molecule has 1 atom stereocenters. The largest absolute Gasteiger partial charge is 0.489 e. The summed E-state index contributed by atoms with van der Waals surface area (Å²) in [4.78, 5) is 2.28. The summed E-state index contributed by atoms with van der Waals surface area (Å²) in [5, 5.41) is 0.651. The molecular formula is C21H36ClNO2S. The zero-order chi connectivity index (χ0) is 19.0. The molecule has 5 heteroatoms. The number of thioether (sulfide) groups is 1. The van der Waals surface area contributed by atoms with Crippen LogP contribution in [0.2, 0.25) is 5.02 Å². The molecule has 0 saturated heterocycles. The van der Waals surface area contributed by atoms with Crippen LogP contribution in [0.5, 0.6) is 5.75 Å². The Morgan fingerprint density at radius 1 is 1.04 bits per heavy atom. The minimum absolute atomic E-state index is 0.0764. The highest BCUT2D eigenvalue weighted by atomic mass is 35.5. The van der Waals surface area contributed by atoms with Gasteiger partial charge in [-0.2, -0.15) is 11.8 Å². The second kappa shape index (κ2) is 15.6. The molecule has 1 unspecified atom stereocenters. The smallest absolute Gasteiger partial charge is 0.138 e. The highest BCUT2D eigenvalue weighted by molar-refractivity contribution is 7.99. The molecule has 0 bridgehead atoms. The standard InChI is InChI=1S/C21H36ClNO2S/c1-4-7-8-9-12-15-26-17-19(25-18-23(5-2)6-3)16-24-21-14-11-10-13-20(21)22/h10-11,13-14,19H,4-9,12,15-18H2,1-3H3. The summed E-state index contributed by atoms with van der Waals surface area (Å²) in [7, 11) is 0. The molecule has 0 aromatic heterocycles. The lowest BCUT2D eigenvalue weighted by molar-refractivity contribution is -0.0263. The van der Waals surface area contributed by atoms with Crippen LogP contribution >= 0.6 is 23.4 Å².